The van der Waals surface area contributed by atoms with Crippen LogP contribution in [0.3, 0.4) is 0 Å². The van der Waals surface area contributed by atoms with Crippen molar-refractivity contribution >= 4 is 41.0 Å². The Labute approximate surface area is 217 Å². The van der Waals surface area contributed by atoms with E-state index >= 15 is 0 Å². The highest BCUT2D eigenvalue weighted by Gasteiger charge is 2.61. The van der Waals surface area contributed by atoms with Crippen LogP contribution in [0.5, 0.6) is 11.5 Å². The number of ether oxygens (including phenoxy) is 3. The first kappa shape index (κ1) is 27.4. The summed E-state index contributed by atoms with van der Waals surface area (Å²) < 4.78 is 56.4. The first-order valence-electron chi connectivity index (χ1n) is 10.9. The lowest BCUT2D eigenvalue weighted by Crippen LogP contribution is -2.57. The topological polar surface area (TPSA) is 80.3 Å². The second kappa shape index (κ2) is 9.36. The van der Waals surface area contributed by atoms with Crippen molar-refractivity contribution in [3.05, 3.63) is 50.6 Å². The minimum absolute atomic E-state index is 0.0713. The van der Waals surface area contributed by atoms with E-state index < -0.39 is 30.3 Å². The van der Waals surface area contributed by atoms with Gasteiger partial charge in [0, 0.05) is 19.8 Å². The zero-order valence-corrected chi connectivity index (χ0v) is 25.1. The Morgan fingerprint density at radius 2 is 1.65 bits per heavy atom. The van der Waals surface area contributed by atoms with Crippen molar-refractivity contribution in [1.82, 2.24) is 0 Å². The highest BCUT2D eigenvalue weighted by Crippen LogP contribution is 2.61. The minimum atomic E-state index is -4.05. The van der Waals surface area contributed by atoms with Gasteiger partial charge in [0.05, 0.1) is 16.2 Å². The van der Waals surface area contributed by atoms with E-state index in [4.69, 9.17) is 22.8 Å². The van der Waals surface area contributed by atoms with Gasteiger partial charge in [-0.3, -0.25) is 0 Å². The number of halogens is 1. The summed E-state index contributed by atoms with van der Waals surface area (Å²) in [6, 6.07) is 8.18. The zero-order valence-electron chi connectivity index (χ0n) is 21.1. The smallest absolute Gasteiger partial charge is 0.339 e. The first-order chi connectivity index (χ1) is 15.6. The number of fused-ring (bicyclic) bond motifs is 1. The van der Waals surface area contributed by atoms with Gasteiger partial charge in [-0.15, -0.1) is 0 Å². The van der Waals surface area contributed by atoms with Crippen LogP contribution in [0.2, 0.25) is 18.1 Å². The van der Waals surface area contributed by atoms with Gasteiger partial charge in [-0.2, -0.15) is 8.42 Å². The van der Waals surface area contributed by atoms with Crippen LogP contribution in [0.1, 0.15) is 43.6 Å². The van der Waals surface area contributed by atoms with Crippen LogP contribution >= 0.6 is 22.6 Å². The van der Waals surface area contributed by atoms with Crippen molar-refractivity contribution in [2.45, 2.75) is 62.6 Å². The predicted octanol–water partition coefficient (Wildman–Crippen LogP) is 5.90. The quantitative estimate of drug-likeness (QED) is 0.157. The van der Waals surface area contributed by atoms with Crippen molar-refractivity contribution in [1.29, 1.82) is 0 Å². The summed E-state index contributed by atoms with van der Waals surface area (Å²) in [5, 5.41) is -0.0713. The van der Waals surface area contributed by atoms with Crippen LogP contribution in [0.4, 0.5) is 0 Å². The second-order valence-electron chi connectivity index (χ2n) is 9.89. The normalized spacial score (nSPS) is 20.5. The summed E-state index contributed by atoms with van der Waals surface area (Å²) in [5.41, 5.74) is 2.35. The Hall–Kier alpha value is -1.18. The number of benzene rings is 2. The number of hydrogen-bond donors (Lipinski definition) is 0. The molecule has 0 saturated heterocycles. The maximum absolute atomic E-state index is 13.0. The van der Waals surface area contributed by atoms with Gasteiger partial charge in [-0.1, -0.05) is 38.5 Å². The Balaban J connectivity index is 2.12. The molecule has 0 heterocycles. The molecule has 2 aromatic rings. The van der Waals surface area contributed by atoms with Crippen LogP contribution in [0.15, 0.2) is 35.2 Å². The molecule has 2 aromatic carbocycles. The zero-order chi connectivity index (χ0) is 25.7. The first-order valence-corrected chi connectivity index (χ1v) is 16.2. The fourth-order valence-electron chi connectivity index (χ4n) is 3.75. The molecule has 0 spiro atoms. The molecule has 34 heavy (non-hydrogen) atoms. The van der Waals surface area contributed by atoms with Crippen molar-refractivity contribution in [3.63, 3.8) is 0 Å². The maximum atomic E-state index is 13.0. The van der Waals surface area contributed by atoms with Gasteiger partial charge >= 0.3 is 10.1 Å². The molecule has 0 N–H and O–H groups in total. The van der Waals surface area contributed by atoms with E-state index in [0.29, 0.717) is 20.4 Å². The molecule has 1 aliphatic carbocycles. The van der Waals surface area contributed by atoms with Crippen molar-refractivity contribution < 1.29 is 31.2 Å². The Bertz CT molecular complexity index is 1170. The molecule has 188 valence electrons. The molecule has 0 amide bonds. The summed E-state index contributed by atoms with van der Waals surface area (Å²) >= 11 is 2.03. The fourth-order valence-corrected chi connectivity index (χ4v) is 6.94. The average Bonchev–Trinajstić information content (AvgIpc) is 2.73. The number of hydrogen-bond acceptors (Lipinski definition) is 7. The monoisotopic (exact) mass is 620 g/mol. The van der Waals surface area contributed by atoms with Crippen LogP contribution in [0.25, 0.3) is 0 Å². The van der Waals surface area contributed by atoms with E-state index in [1.165, 1.54) is 19.2 Å². The van der Waals surface area contributed by atoms with Gasteiger partial charge in [0.15, 0.2) is 14.1 Å². The molecule has 0 aliphatic heterocycles. The number of methoxy groups -OCH3 is 3. The van der Waals surface area contributed by atoms with Crippen molar-refractivity contribution in [2.24, 2.45) is 0 Å². The Morgan fingerprint density at radius 3 is 2.12 bits per heavy atom. The standard InChI is InChI=1S/C24H33IO7SSi/c1-15-10-12-16(13-11-15)33(26,27)31-18-14-17-19(21(28-5)20(18)25)24(30-7,22(17)29-6)32-34(8,9)23(2,3)4/h10-14,22H,1-9H3/t22-,24+/m0/s1. The molecule has 0 aromatic heterocycles. The molecule has 10 heteroatoms. The van der Waals surface area contributed by atoms with Gasteiger partial charge in [-0.05, 0) is 65.8 Å². The molecule has 7 nitrogen and oxygen atoms in total. The van der Waals surface area contributed by atoms with E-state index in [0.717, 1.165) is 5.56 Å². The summed E-state index contributed by atoms with van der Waals surface area (Å²) in [5.74, 6) is -0.566. The van der Waals surface area contributed by atoms with Crippen molar-refractivity contribution in [3.8, 4) is 11.5 Å². The van der Waals surface area contributed by atoms with E-state index in [2.05, 4.69) is 33.9 Å². The predicted molar refractivity (Wildman–Crippen MR) is 141 cm³/mol. The summed E-state index contributed by atoms with van der Waals surface area (Å²) in [6.45, 7) is 12.6. The Morgan fingerprint density at radius 1 is 1.06 bits per heavy atom. The van der Waals surface area contributed by atoms with E-state index in [1.807, 2.05) is 29.5 Å². The van der Waals surface area contributed by atoms with Crippen LogP contribution in [-0.4, -0.2) is 38.1 Å². The molecule has 0 bridgehead atoms. The summed E-state index contributed by atoms with van der Waals surface area (Å²) in [7, 11) is -1.66. The van der Waals surface area contributed by atoms with E-state index in [1.54, 1.807) is 32.4 Å². The highest BCUT2D eigenvalue weighted by atomic mass is 127. The summed E-state index contributed by atoms with van der Waals surface area (Å²) in [6.07, 6.45) is -0.586. The number of rotatable bonds is 8. The molecule has 0 fully saturated rings. The molecule has 0 radical (unpaired) electrons. The third-order valence-electron chi connectivity index (χ3n) is 6.66. The molecule has 0 unspecified atom stereocenters. The van der Waals surface area contributed by atoms with Crippen LogP contribution in [-0.2, 0) is 29.8 Å². The molecule has 3 rings (SSSR count). The van der Waals surface area contributed by atoms with Gasteiger partial charge in [0.2, 0.25) is 5.79 Å². The third kappa shape index (κ3) is 4.52. The fraction of sp³-hybridized carbons (Fsp3) is 0.500. The van der Waals surface area contributed by atoms with Gasteiger partial charge in [0.1, 0.15) is 16.7 Å². The average molecular weight is 621 g/mol. The van der Waals surface area contributed by atoms with Crippen LogP contribution < -0.4 is 8.92 Å². The lowest BCUT2D eigenvalue weighted by molar-refractivity contribution is -0.274. The van der Waals surface area contributed by atoms with Gasteiger partial charge in [-0.25, -0.2) is 0 Å². The highest BCUT2D eigenvalue weighted by molar-refractivity contribution is 14.1. The molecular weight excluding hydrogens is 587 g/mol. The van der Waals surface area contributed by atoms with Gasteiger partial charge < -0.3 is 22.8 Å². The SMILES string of the molecule is COc1c(I)c(OS(=O)(=O)c2ccc(C)cc2)cc2c1[C@@](OC)(O[Si](C)(C)C(C)(C)C)[C@H]2OC. The maximum Gasteiger partial charge on any atom is 0.339 e. The van der Waals surface area contributed by atoms with Crippen molar-refractivity contribution in [2.75, 3.05) is 21.3 Å². The molecule has 0 saturated carbocycles. The lowest BCUT2D eigenvalue weighted by atomic mass is 9.77. The third-order valence-corrected chi connectivity index (χ3v) is 13.4. The van der Waals surface area contributed by atoms with Crippen LogP contribution in [0, 0.1) is 10.5 Å². The molecule has 2 atom stereocenters. The molecular formula is C24H33IO7SSi. The van der Waals surface area contributed by atoms with Gasteiger partial charge in [0.25, 0.3) is 0 Å². The lowest BCUT2D eigenvalue weighted by Gasteiger charge is -2.54. The number of aryl methyl sites for hydroxylation is 1. The van der Waals surface area contributed by atoms with E-state index in [-0.39, 0.29) is 15.7 Å². The van der Waals surface area contributed by atoms with E-state index in [9.17, 15) is 8.42 Å². The minimum Gasteiger partial charge on any atom is -0.495 e. The second-order valence-corrected chi connectivity index (χ2v) is 17.2. The largest absolute Gasteiger partial charge is 0.495 e. The summed E-state index contributed by atoms with van der Waals surface area (Å²) in [4.78, 5) is 0.0753. The Kier molecular flexibility index (Phi) is 7.54. The molecule has 1 aliphatic rings.